The number of carbonyl (C=O) groups is 2. The van der Waals surface area contributed by atoms with E-state index in [0.717, 1.165) is 12.1 Å². The van der Waals surface area contributed by atoms with E-state index in [-0.39, 0.29) is 30.0 Å². The van der Waals surface area contributed by atoms with Crippen molar-refractivity contribution in [2.45, 2.75) is 6.04 Å². The SMILES string of the molecule is O=C1C(=O)N(CCNCCO)C(c2cccc(O)c2)C1=C(O)c1ccc(F)cc1. The maximum absolute atomic E-state index is 13.2. The van der Waals surface area contributed by atoms with Crippen LogP contribution in [0, 0.1) is 5.82 Å². The number of phenolic OH excluding ortho intramolecular Hbond substituents is 1. The minimum atomic E-state index is -0.914. The van der Waals surface area contributed by atoms with E-state index >= 15 is 0 Å². The molecule has 1 atom stereocenters. The Bertz CT molecular complexity index is 942. The molecule has 4 N–H and O–H groups in total. The summed E-state index contributed by atoms with van der Waals surface area (Å²) < 4.78 is 13.2. The summed E-state index contributed by atoms with van der Waals surface area (Å²) in [6.45, 7) is 0.722. The van der Waals surface area contributed by atoms with Gasteiger partial charge in [-0.25, -0.2) is 4.39 Å². The van der Waals surface area contributed by atoms with Gasteiger partial charge in [-0.3, -0.25) is 9.59 Å². The summed E-state index contributed by atoms with van der Waals surface area (Å²) in [5.41, 5.74) is 0.525. The Labute approximate surface area is 166 Å². The van der Waals surface area contributed by atoms with Crippen molar-refractivity contribution in [1.29, 1.82) is 0 Å². The summed E-state index contributed by atoms with van der Waals surface area (Å²) in [5.74, 6) is -2.60. The number of aromatic hydroxyl groups is 1. The van der Waals surface area contributed by atoms with E-state index < -0.39 is 29.3 Å². The summed E-state index contributed by atoms with van der Waals surface area (Å²) in [6.07, 6.45) is 0. The molecule has 1 saturated heterocycles. The first kappa shape index (κ1) is 20.5. The Morgan fingerprint density at radius 2 is 1.83 bits per heavy atom. The van der Waals surface area contributed by atoms with Gasteiger partial charge in [-0.1, -0.05) is 12.1 Å². The van der Waals surface area contributed by atoms with E-state index in [1.54, 1.807) is 12.1 Å². The first-order chi connectivity index (χ1) is 13.9. The molecule has 1 fully saturated rings. The topological polar surface area (TPSA) is 110 Å². The van der Waals surface area contributed by atoms with Gasteiger partial charge in [-0.15, -0.1) is 0 Å². The number of benzene rings is 2. The number of hydrogen-bond donors (Lipinski definition) is 4. The zero-order chi connectivity index (χ0) is 21.0. The third-order valence-electron chi connectivity index (χ3n) is 4.66. The number of likely N-dealkylation sites (tertiary alicyclic amines) is 1. The highest BCUT2D eigenvalue weighted by Crippen LogP contribution is 2.39. The average Bonchev–Trinajstić information content (AvgIpc) is 2.96. The number of rotatable bonds is 7. The van der Waals surface area contributed by atoms with Crippen LogP contribution >= 0.6 is 0 Å². The number of carbonyl (C=O) groups excluding carboxylic acids is 2. The van der Waals surface area contributed by atoms with Crippen LogP contribution in [0.3, 0.4) is 0 Å². The number of nitrogens with zero attached hydrogens (tertiary/aromatic N) is 1. The van der Waals surface area contributed by atoms with Gasteiger partial charge in [0.05, 0.1) is 18.2 Å². The molecule has 1 aliphatic heterocycles. The molecule has 0 bridgehead atoms. The number of aliphatic hydroxyl groups excluding tert-OH is 2. The van der Waals surface area contributed by atoms with Crippen LogP contribution in [-0.2, 0) is 9.59 Å². The standard InChI is InChI=1S/C21H21FN2O5/c22-15-6-4-13(5-7-15)19(27)17-18(14-2-1-3-16(26)12-14)24(21(29)20(17)28)10-8-23-9-11-25/h1-7,12,18,23,25-27H,8-11H2. The van der Waals surface area contributed by atoms with E-state index in [0.29, 0.717) is 18.7 Å². The molecular weight excluding hydrogens is 379 g/mol. The van der Waals surface area contributed by atoms with Gasteiger partial charge < -0.3 is 25.5 Å². The van der Waals surface area contributed by atoms with Crippen molar-refractivity contribution in [3.8, 4) is 5.75 Å². The average molecular weight is 400 g/mol. The van der Waals surface area contributed by atoms with Crippen molar-refractivity contribution in [3.63, 3.8) is 0 Å². The largest absolute Gasteiger partial charge is 0.508 e. The molecule has 1 heterocycles. The molecular formula is C21H21FN2O5. The van der Waals surface area contributed by atoms with Crippen LogP contribution in [-0.4, -0.2) is 58.2 Å². The molecule has 152 valence electrons. The number of nitrogens with one attached hydrogen (secondary N) is 1. The van der Waals surface area contributed by atoms with Crippen molar-refractivity contribution in [2.75, 3.05) is 26.2 Å². The summed E-state index contributed by atoms with van der Waals surface area (Å²) in [7, 11) is 0. The van der Waals surface area contributed by atoms with Crippen LogP contribution in [0.25, 0.3) is 5.76 Å². The zero-order valence-electron chi connectivity index (χ0n) is 15.5. The van der Waals surface area contributed by atoms with Crippen LogP contribution in [0.1, 0.15) is 17.2 Å². The lowest BCUT2D eigenvalue weighted by Crippen LogP contribution is -2.36. The van der Waals surface area contributed by atoms with Crippen molar-refractivity contribution < 1.29 is 29.3 Å². The molecule has 2 aromatic carbocycles. The Morgan fingerprint density at radius 1 is 1.10 bits per heavy atom. The van der Waals surface area contributed by atoms with Crippen molar-refractivity contribution in [1.82, 2.24) is 10.2 Å². The molecule has 0 saturated carbocycles. The second-order valence-corrected chi connectivity index (χ2v) is 6.57. The fourth-order valence-electron chi connectivity index (χ4n) is 3.32. The summed E-state index contributed by atoms with van der Waals surface area (Å²) >= 11 is 0. The molecule has 8 heteroatoms. The molecule has 29 heavy (non-hydrogen) atoms. The smallest absolute Gasteiger partial charge is 0.295 e. The third-order valence-corrected chi connectivity index (χ3v) is 4.66. The highest BCUT2D eigenvalue weighted by atomic mass is 19.1. The van der Waals surface area contributed by atoms with Gasteiger partial charge in [-0.2, -0.15) is 0 Å². The first-order valence-corrected chi connectivity index (χ1v) is 9.09. The van der Waals surface area contributed by atoms with E-state index in [1.165, 1.54) is 29.2 Å². The van der Waals surface area contributed by atoms with Gasteiger partial charge in [0.15, 0.2) is 0 Å². The van der Waals surface area contributed by atoms with Gasteiger partial charge >= 0.3 is 0 Å². The number of amides is 1. The molecule has 1 aliphatic rings. The fraction of sp³-hybridized carbons (Fsp3) is 0.238. The molecule has 0 radical (unpaired) electrons. The predicted molar refractivity (Wildman–Crippen MR) is 103 cm³/mol. The van der Waals surface area contributed by atoms with E-state index in [1.807, 2.05) is 0 Å². The quantitative estimate of drug-likeness (QED) is 0.243. The Hall–Kier alpha value is -3.23. The van der Waals surface area contributed by atoms with E-state index in [2.05, 4.69) is 5.32 Å². The highest BCUT2D eigenvalue weighted by Gasteiger charge is 2.45. The Balaban J connectivity index is 2.07. The highest BCUT2D eigenvalue weighted by molar-refractivity contribution is 6.46. The molecule has 1 unspecified atom stereocenters. The van der Waals surface area contributed by atoms with Gasteiger partial charge in [0.25, 0.3) is 11.7 Å². The zero-order valence-corrected chi connectivity index (χ0v) is 15.5. The monoisotopic (exact) mass is 400 g/mol. The maximum Gasteiger partial charge on any atom is 0.295 e. The number of halogens is 1. The maximum atomic E-state index is 13.2. The van der Waals surface area contributed by atoms with Gasteiger partial charge in [0.1, 0.15) is 17.3 Å². The van der Waals surface area contributed by atoms with Gasteiger partial charge in [0, 0.05) is 25.2 Å². The van der Waals surface area contributed by atoms with Gasteiger partial charge in [0.2, 0.25) is 0 Å². The number of ketones is 1. The van der Waals surface area contributed by atoms with E-state index in [9.17, 15) is 24.2 Å². The molecule has 0 aliphatic carbocycles. The molecule has 7 nitrogen and oxygen atoms in total. The second-order valence-electron chi connectivity index (χ2n) is 6.57. The predicted octanol–water partition coefficient (Wildman–Crippen LogP) is 1.53. The minimum Gasteiger partial charge on any atom is -0.508 e. The van der Waals surface area contributed by atoms with Gasteiger partial charge in [-0.05, 0) is 42.0 Å². The summed E-state index contributed by atoms with van der Waals surface area (Å²) in [4.78, 5) is 26.7. The number of Topliss-reactive ketones (excluding diaryl/α,β-unsaturated/α-hetero) is 1. The van der Waals surface area contributed by atoms with Crippen molar-refractivity contribution in [2.24, 2.45) is 0 Å². The number of hydrogen-bond acceptors (Lipinski definition) is 6. The lowest BCUT2D eigenvalue weighted by molar-refractivity contribution is -0.139. The van der Waals surface area contributed by atoms with Crippen LogP contribution in [0.4, 0.5) is 4.39 Å². The normalized spacial score (nSPS) is 18.4. The number of aliphatic hydroxyl groups is 2. The Kier molecular flexibility index (Phi) is 6.26. The van der Waals surface area contributed by atoms with Crippen LogP contribution < -0.4 is 5.32 Å². The molecule has 2 aromatic rings. The first-order valence-electron chi connectivity index (χ1n) is 9.09. The summed E-state index contributed by atoms with van der Waals surface area (Å²) in [5, 5.41) is 32.5. The molecule has 0 spiro atoms. The molecule has 0 aromatic heterocycles. The lowest BCUT2D eigenvalue weighted by Gasteiger charge is -2.25. The van der Waals surface area contributed by atoms with Crippen LogP contribution in [0.2, 0.25) is 0 Å². The molecule has 1 amide bonds. The fourth-order valence-corrected chi connectivity index (χ4v) is 3.32. The van der Waals surface area contributed by atoms with Crippen LogP contribution in [0.5, 0.6) is 5.75 Å². The number of phenols is 1. The van der Waals surface area contributed by atoms with Crippen molar-refractivity contribution in [3.05, 3.63) is 71.0 Å². The van der Waals surface area contributed by atoms with Crippen molar-refractivity contribution >= 4 is 17.4 Å². The molecule has 3 rings (SSSR count). The Morgan fingerprint density at radius 3 is 2.48 bits per heavy atom. The third kappa shape index (κ3) is 4.28. The summed E-state index contributed by atoms with van der Waals surface area (Å²) in [6, 6.07) is 10.1. The minimum absolute atomic E-state index is 0.0479. The van der Waals surface area contributed by atoms with Crippen LogP contribution in [0.15, 0.2) is 54.1 Å². The van der Waals surface area contributed by atoms with E-state index in [4.69, 9.17) is 5.11 Å². The second kappa shape index (κ2) is 8.85. The lowest BCUT2D eigenvalue weighted by atomic mass is 9.95.